The summed E-state index contributed by atoms with van der Waals surface area (Å²) in [5, 5.41) is 12.1. The Balaban J connectivity index is 1.61. The first-order valence-electron chi connectivity index (χ1n) is 9.40. The Morgan fingerprint density at radius 2 is 2.03 bits per heavy atom. The minimum Gasteiger partial charge on any atom is -0.447 e. The van der Waals surface area contributed by atoms with Gasteiger partial charge in [-0.15, -0.1) is 0 Å². The Hall–Kier alpha value is -3.87. The molecule has 7 nitrogen and oxygen atoms in total. The third kappa shape index (κ3) is 2.87. The van der Waals surface area contributed by atoms with E-state index in [1.54, 1.807) is 6.20 Å². The van der Waals surface area contributed by atoms with E-state index < -0.39 is 0 Å². The van der Waals surface area contributed by atoms with E-state index in [0.29, 0.717) is 17.1 Å². The average molecular weight is 385 g/mol. The van der Waals surface area contributed by atoms with Crippen molar-refractivity contribution in [2.75, 3.05) is 5.32 Å². The first-order valence-corrected chi connectivity index (χ1v) is 9.40. The Morgan fingerprint density at radius 3 is 2.90 bits per heavy atom. The van der Waals surface area contributed by atoms with Gasteiger partial charge in [0.1, 0.15) is 5.76 Å². The van der Waals surface area contributed by atoms with Crippen LogP contribution in [0.1, 0.15) is 36.0 Å². The van der Waals surface area contributed by atoms with Crippen LogP contribution in [0.5, 0.6) is 0 Å². The van der Waals surface area contributed by atoms with Crippen molar-refractivity contribution >= 4 is 33.4 Å². The smallest absolute Gasteiger partial charge is 0.277 e. The molecule has 0 aliphatic carbocycles. The van der Waals surface area contributed by atoms with Crippen LogP contribution in [-0.2, 0) is 0 Å². The van der Waals surface area contributed by atoms with Crippen LogP contribution < -0.4 is 5.32 Å². The van der Waals surface area contributed by atoms with Crippen molar-refractivity contribution < 1.29 is 9.21 Å². The van der Waals surface area contributed by atoms with Gasteiger partial charge in [-0.25, -0.2) is 4.98 Å². The summed E-state index contributed by atoms with van der Waals surface area (Å²) >= 11 is 0. The van der Waals surface area contributed by atoms with Crippen LogP contribution in [0, 0.1) is 0 Å². The highest BCUT2D eigenvalue weighted by molar-refractivity contribution is 6.10. The second-order valence-corrected chi connectivity index (χ2v) is 7.27. The molecular weight excluding hydrogens is 366 g/mol. The normalized spacial score (nSPS) is 11.6. The third-order valence-electron chi connectivity index (χ3n) is 5.05. The number of H-pyrrole nitrogens is 2. The van der Waals surface area contributed by atoms with Crippen molar-refractivity contribution in [1.29, 1.82) is 0 Å². The van der Waals surface area contributed by atoms with Crippen LogP contribution in [0.3, 0.4) is 0 Å². The van der Waals surface area contributed by atoms with Crippen LogP contribution in [0.4, 0.5) is 5.69 Å². The number of anilines is 1. The number of aromatic nitrogens is 4. The number of nitrogens with one attached hydrogen (secondary N) is 3. The zero-order valence-electron chi connectivity index (χ0n) is 16.0. The van der Waals surface area contributed by atoms with Crippen molar-refractivity contribution in [2.45, 2.75) is 19.8 Å². The van der Waals surface area contributed by atoms with Gasteiger partial charge < -0.3 is 14.7 Å². The molecule has 5 aromatic rings. The molecule has 0 aliphatic heterocycles. The number of hydrogen-bond acceptors (Lipinski definition) is 4. The molecule has 0 unspecified atom stereocenters. The molecule has 7 heteroatoms. The number of benzene rings is 2. The molecule has 0 atom stereocenters. The fourth-order valence-corrected chi connectivity index (χ4v) is 3.66. The van der Waals surface area contributed by atoms with E-state index in [-0.39, 0.29) is 11.8 Å². The van der Waals surface area contributed by atoms with Crippen LogP contribution in [0.2, 0.25) is 0 Å². The van der Waals surface area contributed by atoms with Crippen molar-refractivity contribution in [3.05, 3.63) is 66.6 Å². The number of carbonyl (C=O) groups excluding carboxylic acids is 1. The Bertz CT molecular complexity index is 1340. The molecule has 3 heterocycles. The highest BCUT2D eigenvalue weighted by atomic mass is 16.3. The first kappa shape index (κ1) is 17.2. The van der Waals surface area contributed by atoms with Gasteiger partial charge in [-0.2, -0.15) is 5.10 Å². The number of aromatic amines is 2. The molecule has 3 aromatic heterocycles. The predicted octanol–water partition coefficient (Wildman–Crippen LogP) is 5.07. The highest BCUT2D eigenvalue weighted by Crippen LogP contribution is 2.34. The van der Waals surface area contributed by atoms with Crippen LogP contribution in [0.25, 0.3) is 32.9 Å². The van der Waals surface area contributed by atoms with Crippen molar-refractivity contribution in [3.63, 3.8) is 0 Å². The lowest BCUT2D eigenvalue weighted by atomic mass is 9.99. The van der Waals surface area contributed by atoms with Crippen LogP contribution >= 0.6 is 0 Å². The van der Waals surface area contributed by atoms with E-state index in [0.717, 1.165) is 32.9 Å². The topological polar surface area (TPSA) is 99.6 Å². The molecule has 0 bridgehead atoms. The lowest BCUT2D eigenvalue weighted by Gasteiger charge is -2.11. The monoisotopic (exact) mass is 385 g/mol. The molecule has 2 aromatic carbocycles. The maximum atomic E-state index is 12.9. The Kier molecular flexibility index (Phi) is 3.94. The molecule has 5 rings (SSSR count). The molecule has 0 spiro atoms. The second-order valence-electron chi connectivity index (χ2n) is 7.27. The van der Waals surface area contributed by atoms with E-state index >= 15 is 0 Å². The summed E-state index contributed by atoms with van der Waals surface area (Å²) in [6.45, 7) is 3.92. The zero-order valence-corrected chi connectivity index (χ0v) is 16.0. The second kappa shape index (κ2) is 6.63. The number of hydrogen-bond donors (Lipinski definition) is 3. The summed E-state index contributed by atoms with van der Waals surface area (Å²) in [5.41, 5.74) is 4.92. The average Bonchev–Trinajstić information content (AvgIpc) is 3.46. The zero-order chi connectivity index (χ0) is 20.0. The standard InChI is InChI=1S/C22H19N5O2/c1-12(2)21-20(24-11-29-21)22(28)26-18-8-13(9-19-16(18)10-25-27-19)14-4-3-5-17-15(14)6-7-23-17/h3-12,23H,1-2H3,(H,25,27)(H,26,28). The van der Waals surface area contributed by atoms with E-state index in [4.69, 9.17) is 4.42 Å². The van der Waals surface area contributed by atoms with Crippen molar-refractivity contribution in [3.8, 4) is 11.1 Å². The lowest BCUT2D eigenvalue weighted by Crippen LogP contribution is -2.15. The Labute approximate surface area is 166 Å². The molecule has 1 amide bonds. The SMILES string of the molecule is CC(C)c1ocnc1C(=O)Nc1cc(-c2cccc3[nH]ccc23)cc2[nH]ncc12. The summed E-state index contributed by atoms with van der Waals surface area (Å²) < 4.78 is 5.40. The van der Waals surface area contributed by atoms with Crippen molar-refractivity contribution in [2.24, 2.45) is 0 Å². The number of fused-ring (bicyclic) bond motifs is 2. The van der Waals surface area contributed by atoms with Gasteiger partial charge in [0.25, 0.3) is 5.91 Å². The van der Waals surface area contributed by atoms with E-state index in [1.807, 2.05) is 50.4 Å². The molecule has 29 heavy (non-hydrogen) atoms. The number of nitrogens with zero attached hydrogens (tertiary/aromatic N) is 2. The summed E-state index contributed by atoms with van der Waals surface area (Å²) in [6.07, 6.45) is 4.93. The first-order chi connectivity index (χ1) is 14.1. The van der Waals surface area contributed by atoms with Gasteiger partial charge in [0.05, 0.1) is 17.4 Å². The van der Waals surface area contributed by atoms with Gasteiger partial charge in [-0.3, -0.25) is 9.89 Å². The molecule has 0 fully saturated rings. The summed E-state index contributed by atoms with van der Waals surface area (Å²) in [6, 6.07) is 12.2. The predicted molar refractivity (Wildman–Crippen MR) is 112 cm³/mol. The Morgan fingerprint density at radius 1 is 1.14 bits per heavy atom. The van der Waals surface area contributed by atoms with Gasteiger partial charge in [-0.1, -0.05) is 26.0 Å². The number of carbonyl (C=O) groups is 1. The lowest BCUT2D eigenvalue weighted by molar-refractivity contribution is 0.102. The largest absolute Gasteiger partial charge is 0.447 e. The minimum atomic E-state index is -0.304. The van der Waals surface area contributed by atoms with Crippen molar-refractivity contribution in [1.82, 2.24) is 20.2 Å². The highest BCUT2D eigenvalue weighted by Gasteiger charge is 2.20. The molecule has 0 radical (unpaired) electrons. The van der Waals surface area contributed by atoms with Gasteiger partial charge >= 0.3 is 0 Å². The minimum absolute atomic E-state index is 0.0599. The maximum absolute atomic E-state index is 12.9. The van der Waals surface area contributed by atoms with E-state index in [1.165, 1.54) is 6.39 Å². The summed E-state index contributed by atoms with van der Waals surface area (Å²) in [4.78, 5) is 20.3. The molecule has 144 valence electrons. The number of rotatable bonds is 4. The third-order valence-corrected chi connectivity index (χ3v) is 5.05. The molecule has 0 saturated heterocycles. The summed E-state index contributed by atoms with van der Waals surface area (Å²) in [5.74, 6) is 0.325. The van der Waals surface area contributed by atoms with Gasteiger partial charge in [0, 0.05) is 28.4 Å². The van der Waals surface area contributed by atoms with E-state index in [9.17, 15) is 4.79 Å². The van der Waals surface area contributed by atoms with Gasteiger partial charge in [0.2, 0.25) is 0 Å². The quantitative estimate of drug-likeness (QED) is 0.402. The van der Waals surface area contributed by atoms with Gasteiger partial charge in [-0.05, 0) is 35.4 Å². The molecule has 0 saturated carbocycles. The molecule has 3 N–H and O–H groups in total. The fraction of sp³-hybridized carbons (Fsp3) is 0.136. The number of oxazole rings is 1. The summed E-state index contributed by atoms with van der Waals surface area (Å²) in [7, 11) is 0. The van der Waals surface area contributed by atoms with Crippen LogP contribution in [-0.4, -0.2) is 26.1 Å². The fourth-order valence-electron chi connectivity index (χ4n) is 3.66. The molecular formula is C22H19N5O2. The van der Waals surface area contributed by atoms with E-state index in [2.05, 4.69) is 31.5 Å². The maximum Gasteiger partial charge on any atom is 0.277 e. The van der Waals surface area contributed by atoms with Crippen LogP contribution in [0.15, 0.2) is 59.6 Å². The van der Waals surface area contributed by atoms with Gasteiger partial charge in [0.15, 0.2) is 12.1 Å². The number of amides is 1. The molecule has 0 aliphatic rings.